The standard InChI is InChI=1S/C8H7NO/c1-7(9-10)8-5-3-2-4-6-8/h2-6H,1H2. The van der Waals surface area contributed by atoms with Gasteiger partial charge in [0.1, 0.15) is 5.70 Å². The molecule has 2 nitrogen and oxygen atoms in total. The fraction of sp³-hybridized carbons (Fsp3) is 0. The van der Waals surface area contributed by atoms with Crippen molar-refractivity contribution in [1.82, 2.24) is 0 Å². The minimum absolute atomic E-state index is 0.278. The molecule has 0 N–H and O–H groups in total. The maximum atomic E-state index is 9.96. The Morgan fingerprint density at radius 3 is 2.40 bits per heavy atom. The van der Waals surface area contributed by atoms with E-state index in [1.165, 1.54) is 0 Å². The second-order valence-corrected chi connectivity index (χ2v) is 1.90. The SMILES string of the molecule is C=C(N=O)c1ccccc1. The number of nitrogens with zero attached hydrogens (tertiary/aromatic N) is 1. The summed E-state index contributed by atoms with van der Waals surface area (Å²) in [7, 11) is 0. The second kappa shape index (κ2) is 2.92. The van der Waals surface area contributed by atoms with Crippen LogP contribution >= 0.6 is 0 Å². The Morgan fingerprint density at radius 2 is 1.90 bits per heavy atom. The van der Waals surface area contributed by atoms with Gasteiger partial charge >= 0.3 is 0 Å². The van der Waals surface area contributed by atoms with Crippen LogP contribution in [0.25, 0.3) is 5.70 Å². The molecule has 0 aliphatic rings. The average Bonchev–Trinajstić information content (AvgIpc) is 2.05. The maximum absolute atomic E-state index is 9.96. The molecule has 1 aromatic carbocycles. The summed E-state index contributed by atoms with van der Waals surface area (Å²) in [6.45, 7) is 3.46. The summed E-state index contributed by atoms with van der Waals surface area (Å²) in [5, 5.41) is 2.71. The van der Waals surface area contributed by atoms with Crippen LogP contribution in [0.4, 0.5) is 0 Å². The predicted octanol–water partition coefficient (Wildman–Crippen LogP) is 2.42. The number of hydrogen-bond acceptors (Lipinski definition) is 2. The Balaban J connectivity index is 2.95. The van der Waals surface area contributed by atoms with E-state index >= 15 is 0 Å². The Labute approximate surface area is 59.2 Å². The van der Waals surface area contributed by atoms with Gasteiger partial charge in [0.25, 0.3) is 0 Å². The second-order valence-electron chi connectivity index (χ2n) is 1.90. The molecule has 0 amide bonds. The third kappa shape index (κ3) is 1.29. The highest BCUT2D eigenvalue weighted by Gasteiger charge is 1.93. The van der Waals surface area contributed by atoms with Crippen molar-refractivity contribution in [2.45, 2.75) is 0 Å². The molecule has 0 aromatic heterocycles. The van der Waals surface area contributed by atoms with Gasteiger partial charge in [-0.1, -0.05) is 36.9 Å². The molecule has 0 aliphatic heterocycles. The Morgan fingerprint density at radius 1 is 1.30 bits per heavy atom. The number of nitroso groups, excluding NO2 is 1. The zero-order chi connectivity index (χ0) is 7.40. The number of rotatable bonds is 2. The van der Waals surface area contributed by atoms with Crippen molar-refractivity contribution in [2.75, 3.05) is 0 Å². The van der Waals surface area contributed by atoms with Crippen LogP contribution in [0, 0.1) is 4.91 Å². The molecular weight excluding hydrogens is 126 g/mol. The van der Waals surface area contributed by atoms with Crippen molar-refractivity contribution in [3.63, 3.8) is 0 Å². The van der Waals surface area contributed by atoms with Crippen molar-refractivity contribution in [3.8, 4) is 0 Å². The Hall–Kier alpha value is -1.44. The molecule has 0 spiro atoms. The lowest BCUT2D eigenvalue weighted by atomic mass is 10.2. The first-order chi connectivity index (χ1) is 4.84. The van der Waals surface area contributed by atoms with Crippen LogP contribution in [0.3, 0.4) is 0 Å². The topological polar surface area (TPSA) is 29.4 Å². The van der Waals surface area contributed by atoms with Crippen molar-refractivity contribution in [3.05, 3.63) is 47.4 Å². The molecule has 0 radical (unpaired) electrons. The van der Waals surface area contributed by atoms with Crippen LogP contribution in [0.2, 0.25) is 0 Å². The van der Waals surface area contributed by atoms with E-state index in [4.69, 9.17) is 0 Å². The van der Waals surface area contributed by atoms with Gasteiger partial charge in [-0.3, -0.25) is 0 Å². The molecule has 2 heteroatoms. The molecule has 0 unspecified atom stereocenters. The third-order valence-electron chi connectivity index (χ3n) is 1.22. The van der Waals surface area contributed by atoms with Gasteiger partial charge < -0.3 is 0 Å². The molecular formula is C8H7NO. The Bertz CT molecular complexity index is 241. The summed E-state index contributed by atoms with van der Waals surface area (Å²) < 4.78 is 0. The molecule has 0 atom stereocenters. The van der Waals surface area contributed by atoms with Crippen LogP contribution in [0.5, 0.6) is 0 Å². The fourth-order valence-electron chi connectivity index (χ4n) is 0.683. The first-order valence-corrected chi connectivity index (χ1v) is 2.92. The number of benzene rings is 1. The van der Waals surface area contributed by atoms with Crippen molar-refractivity contribution in [1.29, 1.82) is 0 Å². The van der Waals surface area contributed by atoms with Gasteiger partial charge in [-0.15, -0.1) is 4.91 Å². The maximum Gasteiger partial charge on any atom is 0.108 e. The summed E-state index contributed by atoms with van der Waals surface area (Å²) in [6, 6.07) is 9.15. The van der Waals surface area contributed by atoms with Crippen LogP contribution in [0.1, 0.15) is 5.56 Å². The lowest BCUT2D eigenvalue weighted by Crippen LogP contribution is -1.74. The zero-order valence-corrected chi connectivity index (χ0v) is 5.45. The molecule has 0 bridgehead atoms. The van der Waals surface area contributed by atoms with Gasteiger partial charge in [-0.25, -0.2) is 0 Å². The molecule has 0 saturated carbocycles. The van der Waals surface area contributed by atoms with Gasteiger partial charge in [-0.05, 0) is 5.18 Å². The number of hydrogen-bond donors (Lipinski definition) is 0. The van der Waals surface area contributed by atoms with E-state index in [2.05, 4.69) is 11.8 Å². The lowest BCUT2D eigenvalue weighted by Gasteiger charge is -1.92. The van der Waals surface area contributed by atoms with E-state index in [0.29, 0.717) is 0 Å². The smallest absolute Gasteiger partial charge is 0.108 e. The van der Waals surface area contributed by atoms with Gasteiger partial charge in [0, 0.05) is 5.56 Å². The van der Waals surface area contributed by atoms with Gasteiger partial charge in [-0.2, -0.15) is 0 Å². The average molecular weight is 133 g/mol. The quantitative estimate of drug-likeness (QED) is 0.569. The summed E-state index contributed by atoms with van der Waals surface area (Å²) in [5.74, 6) is 0. The monoisotopic (exact) mass is 133 g/mol. The van der Waals surface area contributed by atoms with E-state index in [1.807, 2.05) is 18.2 Å². The van der Waals surface area contributed by atoms with E-state index in [-0.39, 0.29) is 5.70 Å². The van der Waals surface area contributed by atoms with E-state index < -0.39 is 0 Å². The molecule has 1 aromatic rings. The molecule has 10 heavy (non-hydrogen) atoms. The summed E-state index contributed by atoms with van der Waals surface area (Å²) in [4.78, 5) is 9.96. The zero-order valence-electron chi connectivity index (χ0n) is 5.45. The van der Waals surface area contributed by atoms with Crippen molar-refractivity contribution < 1.29 is 0 Å². The van der Waals surface area contributed by atoms with Crippen molar-refractivity contribution >= 4 is 5.70 Å². The highest BCUT2D eigenvalue weighted by molar-refractivity contribution is 5.61. The minimum atomic E-state index is 0.278. The van der Waals surface area contributed by atoms with Crippen molar-refractivity contribution in [2.24, 2.45) is 5.18 Å². The molecule has 0 aliphatic carbocycles. The predicted molar refractivity (Wildman–Crippen MR) is 41.3 cm³/mol. The van der Waals surface area contributed by atoms with Crippen LogP contribution in [-0.4, -0.2) is 0 Å². The first-order valence-electron chi connectivity index (χ1n) is 2.92. The molecule has 50 valence electrons. The normalized spacial score (nSPS) is 8.80. The summed E-state index contributed by atoms with van der Waals surface area (Å²) >= 11 is 0. The van der Waals surface area contributed by atoms with Gasteiger partial charge in [0.05, 0.1) is 0 Å². The lowest BCUT2D eigenvalue weighted by molar-refractivity contribution is 1.50. The first kappa shape index (κ1) is 6.68. The van der Waals surface area contributed by atoms with E-state index in [9.17, 15) is 4.91 Å². The van der Waals surface area contributed by atoms with E-state index in [1.54, 1.807) is 12.1 Å². The largest absolute Gasteiger partial charge is 0.145 e. The fourth-order valence-corrected chi connectivity index (χ4v) is 0.683. The van der Waals surface area contributed by atoms with Crippen LogP contribution in [0.15, 0.2) is 42.1 Å². The summed E-state index contributed by atoms with van der Waals surface area (Å²) in [6.07, 6.45) is 0. The Kier molecular flexibility index (Phi) is 1.95. The minimum Gasteiger partial charge on any atom is -0.145 e. The highest BCUT2D eigenvalue weighted by Crippen LogP contribution is 2.10. The van der Waals surface area contributed by atoms with Gasteiger partial charge in [0.15, 0.2) is 0 Å². The molecule has 1 rings (SSSR count). The highest BCUT2D eigenvalue weighted by atomic mass is 16.3. The third-order valence-corrected chi connectivity index (χ3v) is 1.22. The molecule has 0 fully saturated rings. The van der Waals surface area contributed by atoms with Gasteiger partial charge in [0.2, 0.25) is 0 Å². The molecule has 0 saturated heterocycles. The molecule has 0 heterocycles. The van der Waals surface area contributed by atoms with Crippen LogP contribution in [-0.2, 0) is 0 Å². The van der Waals surface area contributed by atoms with E-state index in [0.717, 1.165) is 5.56 Å². The summed E-state index contributed by atoms with van der Waals surface area (Å²) in [5.41, 5.74) is 1.05. The van der Waals surface area contributed by atoms with Crippen LogP contribution < -0.4 is 0 Å².